The molecule has 7 heteroatoms. The lowest BCUT2D eigenvalue weighted by molar-refractivity contribution is -0.137. The number of benzene rings is 1. The van der Waals surface area contributed by atoms with Gasteiger partial charge in [0.2, 0.25) is 0 Å². The molecule has 1 saturated heterocycles. The third-order valence-corrected chi connectivity index (χ3v) is 4.55. The average molecular weight is 369 g/mol. The molecule has 1 heterocycles. The van der Waals surface area contributed by atoms with Gasteiger partial charge in [-0.2, -0.15) is 13.2 Å². The maximum Gasteiger partial charge on any atom is 0.416 e. The molecule has 2 rings (SSSR count). The molecule has 1 fully saturated rings. The van der Waals surface area contributed by atoms with Crippen LogP contribution in [0.1, 0.15) is 30.9 Å². The Bertz CT molecular complexity index is 623. The van der Waals surface area contributed by atoms with Gasteiger partial charge in [0.25, 0.3) is 0 Å². The molecule has 2 N–H and O–H groups in total. The van der Waals surface area contributed by atoms with Crippen LogP contribution in [-0.4, -0.2) is 38.8 Å². The second kappa shape index (κ2) is 9.07. The zero-order chi connectivity index (χ0) is 19.0. The Hall–Kier alpha value is -2.02. The van der Waals surface area contributed by atoms with Gasteiger partial charge in [-0.3, -0.25) is 4.99 Å². The van der Waals surface area contributed by atoms with E-state index in [1.54, 1.807) is 12.1 Å². The van der Waals surface area contributed by atoms with Gasteiger partial charge < -0.3 is 15.4 Å². The van der Waals surface area contributed by atoms with E-state index in [4.69, 9.17) is 4.74 Å². The highest BCUT2D eigenvalue weighted by atomic mass is 19.4. The Morgan fingerprint density at radius 3 is 2.65 bits per heavy atom. The number of nitrogens with one attached hydrogen (secondary N) is 2. The Morgan fingerprint density at radius 2 is 2.04 bits per heavy atom. The summed E-state index contributed by atoms with van der Waals surface area (Å²) in [6.45, 7) is 8.31. The van der Waals surface area contributed by atoms with Gasteiger partial charge in [-0.05, 0) is 31.4 Å². The third kappa shape index (κ3) is 5.24. The monoisotopic (exact) mass is 369 g/mol. The molecule has 4 nitrogen and oxygen atoms in total. The Kier molecular flexibility index (Phi) is 7.08. The first-order valence-electron chi connectivity index (χ1n) is 8.80. The summed E-state index contributed by atoms with van der Waals surface area (Å²) < 4.78 is 44.8. The molecule has 0 aromatic heterocycles. The molecule has 1 aromatic carbocycles. The molecular formula is C19H26F3N3O. The fourth-order valence-electron chi connectivity index (χ4n) is 3.07. The lowest BCUT2D eigenvalue weighted by Gasteiger charge is -2.37. The van der Waals surface area contributed by atoms with E-state index in [1.165, 1.54) is 12.1 Å². The molecule has 0 amide bonds. The smallest absolute Gasteiger partial charge is 0.381 e. The number of ether oxygens (including phenoxy) is 1. The van der Waals surface area contributed by atoms with Crippen molar-refractivity contribution in [2.45, 2.75) is 31.4 Å². The normalized spacial score (nSPS) is 17.6. The van der Waals surface area contributed by atoms with Crippen LogP contribution in [-0.2, 0) is 16.3 Å². The summed E-state index contributed by atoms with van der Waals surface area (Å²) in [5, 5.41) is 6.27. The molecule has 0 radical (unpaired) electrons. The number of nitrogens with zero attached hydrogens (tertiary/aromatic N) is 1. The Balaban J connectivity index is 2.32. The van der Waals surface area contributed by atoms with E-state index < -0.39 is 17.2 Å². The standard InChI is InChI=1S/C19H26F3N3O/c1-3-10-24-17(23-4-2)25-14-18(8-11-26-12-9-18)15-6-5-7-16(13-15)19(20,21)22/h3,5-7,13H,1,4,8-12,14H2,2H3,(H2,23,24,25). The second-order valence-corrected chi connectivity index (χ2v) is 6.34. The lowest BCUT2D eigenvalue weighted by atomic mass is 9.74. The van der Waals surface area contributed by atoms with Gasteiger partial charge in [0.15, 0.2) is 5.96 Å². The molecule has 0 spiro atoms. The lowest BCUT2D eigenvalue weighted by Crippen LogP contribution is -2.41. The highest BCUT2D eigenvalue weighted by Crippen LogP contribution is 2.38. The summed E-state index contributed by atoms with van der Waals surface area (Å²) in [5.41, 5.74) is -0.420. The van der Waals surface area contributed by atoms with Crippen molar-refractivity contribution in [2.75, 3.05) is 32.8 Å². The summed E-state index contributed by atoms with van der Waals surface area (Å²) in [6.07, 6.45) is -1.35. The van der Waals surface area contributed by atoms with Crippen LogP contribution in [0.25, 0.3) is 0 Å². The van der Waals surface area contributed by atoms with Gasteiger partial charge in [0, 0.05) is 31.7 Å². The van der Waals surface area contributed by atoms with Crippen LogP contribution < -0.4 is 10.6 Å². The molecule has 0 atom stereocenters. The van der Waals surface area contributed by atoms with Gasteiger partial charge in [-0.1, -0.05) is 24.3 Å². The molecule has 0 unspecified atom stereocenters. The highest BCUT2D eigenvalue weighted by Gasteiger charge is 2.37. The minimum absolute atomic E-state index is 0.393. The Morgan fingerprint density at radius 1 is 1.31 bits per heavy atom. The minimum atomic E-state index is -4.36. The predicted molar refractivity (Wildman–Crippen MR) is 97.4 cm³/mol. The fourth-order valence-corrected chi connectivity index (χ4v) is 3.07. The zero-order valence-electron chi connectivity index (χ0n) is 15.0. The summed E-state index contributed by atoms with van der Waals surface area (Å²) >= 11 is 0. The van der Waals surface area contributed by atoms with Crippen molar-refractivity contribution in [3.05, 3.63) is 48.0 Å². The van der Waals surface area contributed by atoms with Crippen LogP contribution in [0, 0.1) is 0 Å². The maximum absolute atomic E-state index is 13.1. The molecule has 26 heavy (non-hydrogen) atoms. The minimum Gasteiger partial charge on any atom is -0.381 e. The highest BCUT2D eigenvalue weighted by molar-refractivity contribution is 5.79. The van der Waals surface area contributed by atoms with Crippen molar-refractivity contribution in [1.82, 2.24) is 10.6 Å². The number of aliphatic imine (C=N–C) groups is 1. The van der Waals surface area contributed by atoms with Crippen molar-refractivity contribution >= 4 is 5.96 Å². The number of hydrogen-bond acceptors (Lipinski definition) is 2. The van der Waals surface area contributed by atoms with E-state index in [9.17, 15) is 13.2 Å². The van der Waals surface area contributed by atoms with Gasteiger partial charge >= 0.3 is 6.18 Å². The topological polar surface area (TPSA) is 45.7 Å². The molecule has 1 aliphatic rings. The molecule has 144 valence electrons. The zero-order valence-corrected chi connectivity index (χ0v) is 15.0. The largest absolute Gasteiger partial charge is 0.416 e. The van der Waals surface area contributed by atoms with Gasteiger partial charge in [0.05, 0.1) is 12.1 Å². The van der Waals surface area contributed by atoms with Crippen LogP contribution >= 0.6 is 0 Å². The number of hydrogen-bond donors (Lipinski definition) is 2. The van der Waals surface area contributed by atoms with Crippen molar-refractivity contribution < 1.29 is 17.9 Å². The first-order valence-corrected chi connectivity index (χ1v) is 8.80. The van der Waals surface area contributed by atoms with E-state index in [0.29, 0.717) is 57.2 Å². The molecule has 1 aromatic rings. The van der Waals surface area contributed by atoms with Crippen molar-refractivity contribution in [3.63, 3.8) is 0 Å². The molecular weight excluding hydrogens is 343 g/mol. The number of alkyl halides is 3. The van der Waals surface area contributed by atoms with E-state index in [2.05, 4.69) is 22.2 Å². The van der Waals surface area contributed by atoms with Crippen LogP contribution in [0.15, 0.2) is 41.9 Å². The van der Waals surface area contributed by atoms with E-state index in [1.807, 2.05) is 6.92 Å². The fraction of sp³-hybridized carbons (Fsp3) is 0.526. The van der Waals surface area contributed by atoms with Gasteiger partial charge in [-0.15, -0.1) is 6.58 Å². The second-order valence-electron chi connectivity index (χ2n) is 6.34. The molecule has 0 saturated carbocycles. The van der Waals surface area contributed by atoms with Crippen molar-refractivity contribution in [2.24, 2.45) is 4.99 Å². The first kappa shape index (κ1) is 20.3. The van der Waals surface area contributed by atoms with E-state index >= 15 is 0 Å². The summed E-state index contributed by atoms with van der Waals surface area (Å²) in [6, 6.07) is 5.60. The SMILES string of the molecule is C=CCNC(=NCC1(c2cccc(C(F)(F)F)c2)CCOCC1)NCC. The summed E-state index contributed by atoms with van der Waals surface area (Å²) in [5.74, 6) is 0.630. The van der Waals surface area contributed by atoms with Crippen LogP contribution in [0.2, 0.25) is 0 Å². The first-order chi connectivity index (χ1) is 12.4. The van der Waals surface area contributed by atoms with Gasteiger partial charge in [0.1, 0.15) is 0 Å². The van der Waals surface area contributed by atoms with E-state index in [0.717, 1.165) is 6.07 Å². The quantitative estimate of drug-likeness (QED) is 0.458. The number of guanidine groups is 1. The van der Waals surface area contributed by atoms with E-state index in [-0.39, 0.29) is 0 Å². The van der Waals surface area contributed by atoms with Crippen LogP contribution in [0.3, 0.4) is 0 Å². The van der Waals surface area contributed by atoms with Crippen molar-refractivity contribution in [1.29, 1.82) is 0 Å². The summed E-state index contributed by atoms with van der Waals surface area (Å²) in [4.78, 5) is 4.62. The third-order valence-electron chi connectivity index (χ3n) is 4.55. The molecule has 0 bridgehead atoms. The molecule has 0 aliphatic carbocycles. The summed E-state index contributed by atoms with van der Waals surface area (Å²) in [7, 11) is 0. The number of halogens is 3. The van der Waals surface area contributed by atoms with Gasteiger partial charge in [-0.25, -0.2) is 0 Å². The molecule has 1 aliphatic heterocycles. The van der Waals surface area contributed by atoms with Crippen molar-refractivity contribution in [3.8, 4) is 0 Å². The van der Waals surface area contributed by atoms with Crippen LogP contribution in [0.4, 0.5) is 13.2 Å². The maximum atomic E-state index is 13.1. The predicted octanol–water partition coefficient (Wildman–Crippen LogP) is 3.49. The Labute approximate surface area is 152 Å². The van der Waals surface area contributed by atoms with Crippen LogP contribution in [0.5, 0.6) is 0 Å². The number of rotatable bonds is 6. The average Bonchev–Trinajstić information content (AvgIpc) is 2.64.